The molecule has 3 heteroatoms. The van der Waals surface area contributed by atoms with Gasteiger partial charge in [-0.3, -0.25) is 4.79 Å². The van der Waals surface area contributed by atoms with Crippen LogP contribution in [-0.2, 0) is 9.53 Å². The van der Waals surface area contributed by atoms with Gasteiger partial charge in [-0.2, -0.15) is 0 Å². The lowest BCUT2D eigenvalue weighted by atomic mass is 9.71. The summed E-state index contributed by atoms with van der Waals surface area (Å²) >= 11 is 0. The molecule has 0 heterocycles. The number of hydrogen-bond acceptors (Lipinski definition) is 3. The van der Waals surface area contributed by atoms with Gasteiger partial charge in [0.15, 0.2) is 0 Å². The second-order valence-electron chi connectivity index (χ2n) is 8.19. The van der Waals surface area contributed by atoms with Crippen molar-refractivity contribution in [2.45, 2.75) is 79.2 Å². The van der Waals surface area contributed by atoms with Gasteiger partial charge in [-0.1, -0.05) is 19.9 Å². The molecule has 0 aromatic carbocycles. The Labute approximate surface area is 129 Å². The molecule has 1 aliphatic rings. The molecule has 0 saturated carbocycles. The molecule has 0 bridgehead atoms. The van der Waals surface area contributed by atoms with Gasteiger partial charge in [0.05, 0.1) is 17.6 Å². The number of esters is 1. The Hall–Kier alpha value is -0.830. The number of carbonyl (C=O) groups excluding carboxylic acids is 1. The third kappa shape index (κ3) is 5.46. The van der Waals surface area contributed by atoms with E-state index in [1.165, 1.54) is 0 Å². The summed E-state index contributed by atoms with van der Waals surface area (Å²) in [6.45, 7) is 12.5. The lowest BCUT2D eigenvalue weighted by Gasteiger charge is -2.39. The number of allylic oxidation sites excluding steroid dienone is 1. The SMILES string of the molecule is CC1=CC(C)(C)CCC1(O)CCCCOC(=O)C(C)(C)C. The highest BCUT2D eigenvalue weighted by atomic mass is 16.5. The summed E-state index contributed by atoms with van der Waals surface area (Å²) in [6.07, 6.45) is 6.47. The van der Waals surface area contributed by atoms with Gasteiger partial charge >= 0.3 is 5.97 Å². The summed E-state index contributed by atoms with van der Waals surface area (Å²) in [4.78, 5) is 11.6. The fraction of sp³-hybridized carbons (Fsp3) is 0.833. The fourth-order valence-corrected chi connectivity index (χ4v) is 2.74. The molecule has 0 radical (unpaired) electrons. The van der Waals surface area contributed by atoms with Crippen LogP contribution < -0.4 is 0 Å². The van der Waals surface area contributed by atoms with E-state index in [1.54, 1.807) is 0 Å². The van der Waals surface area contributed by atoms with Crippen LogP contribution in [0.25, 0.3) is 0 Å². The molecule has 0 aliphatic heterocycles. The first-order chi connectivity index (χ1) is 9.46. The molecule has 1 aliphatic carbocycles. The molecule has 0 saturated heterocycles. The molecule has 0 fully saturated rings. The van der Waals surface area contributed by atoms with Crippen molar-refractivity contribution in [3.63, 3.8) is 0 Å². The Balaban J connectivity index is 2.35. The van der Waals surface area contributed by atoms with Crippen molar-refractivity contribution in [2.75, 3.05) is 6.61 Å². The Kier molecular flexibility index (Phi) is 5.65. The lowest BCUT2D eigenvalue weighted by Crippen LogP contribution is -2.36. The first kappa shape index (κ1) is 18.2. The maximum atomic E-state index is 11.6. The van der Waals surface area contributed by atoms with Crippen molar-refractivity contribution in [3.05, 3.63) is 11.6 Å². The highest BCUT2D eigenvalue weighted by Gasteiger charge is 2.35. The van der Waals surface area contributed by atoms with E-state index in [-0.39, 0.29) is 11.4 Å². The van der Waals surface area contributed by atoms with Crippen LogP contribution in [0.4, 0.5) is 0 Å². The maximum Gasteiger partial charge on any atom is 0.311 e. The van der Waals surface area contributed by atoms with E-state index >= 15 is 0 Å². The van der Waals surface area contributed by atoms with Crippen molar-refractivity contribution >= 4 is 5.97 Å². The third-order valence-electron chi connectivity index (χ3n) is 4.35. The molecule has 122 valence electrons. The Morgan fingerprint density at radius 1 is 1.29 bits per heavy atom. The van der Waals surface area contributed by atoms with Crippen LogP contribution in [0.15, 0.2) is 11.6 Å². The zero-order chi connectivity index (χ0) is 16.3. The number of ether oxygens (including phenoxy) is 1. The van der Waals surface area contributed by atoms with E-state index in [2.05, 4.69) is 19.9 Å². The zero-order valence-corrected chi connectivity index (χ0v) is 14.6. The van der Waals surface area contributed by atoms with E-state index in [1.807, 2.05) is 27.7 Å². The monoisotopic (exact) mass is 296 g/mol. The van der Waals surface area contributed by atoms with Gasteiger partial charge in [-0.25, -0.2) is 0 Å². The van der Waals surface area contributed by atoms with E-state index in [0.717, 1.165) is 37.7 Å². The van der Waals surface area contributed by atoms with E-state index < -0.39 is 11.0 Å². The summed E-state index contributed by atoms with van der Waals surface area (Å²) in [5.74, 6) is -0.156. The van der Waals surface area contributed by atoms with Gasteiger partial charge in [-0.15, -0.1) is 0 Å². The summed E-state index contributed by atoms with van der Waals surface area (Å²) in [7, 11) is 0. The van der Waals surface area contributed by atoms with E-state index in [4.69, 9.17) is 4.74 Å². The largest absolute Gasteiger partial charge is 0.465 e. The fourth-order valence-electron chi connectivity index (χ4n) is 2.74. The molecule has 0 amide bonds. The number of unbranched alkanes of at least 4 members (excludes halogenated alkanes) is 1. The number of carbonyl (C=O) groups is 1. The first-order valence-corrected chi connectivity index (χ1v) is 8.06. The quantitative estimate of drug-likeness (QED) is 0.469. The molecule has 1 N–H and O–H groups in total. The Bertz CT molecular complexity index is 401. The summed E-state index contributed by atoms with van der Waals surface area (Å²) < 4.78 is 5.25. The second-order valence-corrected chi connectivity index (χ2v) is 8.19. The van der Waals surface area contributed by atoms with Crippen molar-refractivity contribution < 1.29 is 14.6 Å². The molecule has 0 spiro atoms. The molecule has 1 rings (SSSR count). The van der Waals surface area contributed by atoms with Crippen molar-refractivity contribution in [2.24, 2.45) is 10.8 Å². The summed E-state index contributed by atoms with van der Waals surface area (Å²) in [5.41, 5.74) is 0.180. The minimum Gasteiger partial charge on any atom is -0.465 e. The first-order valence-electron chi connectivity index (χ1n) is 8.06. The van der Waals surface area contributed by atoms with Crippen molar-refractivity contribution in [1.82, 2.24) is 0 Å². The van der Waals surface area contributed by atoms with Crippen LogP contribution in [0.2, 0.25) is 0 Å². The number of hydrogen-bond donors (Lipinski definition) is 1. The highest BCUT2D eigenvalue weighted by Crippen LogP contribution is 2.41. The zero-order valence-electron chi connectivity index (χ0n) is 14.6. The van der Waals surface area contributed by atoms with E-state index in [0.29, 0.717) is 6.61 Å². The molecular formula is C18H32O3. The maximum absolute atomic E-state index is 11.6. The third-order valence-corrected chi connectivity index (χ3v) is 4.35. The van der Waals surface area contributed by atoms with Gasteiger partial charge in [0.1, 0.15) is 0 Å². The second kappa shape index (κ2) is 6.51. The number of rotatable bonds is 5. The van der Waals surface area contributed by atoms with Crippen molar-refractivity contribution in [3.8, 4) is 0 Å². The van der Waals surface area contributed by atoms with Gasteiger partial charge in [0.2, 0.25) is 0 Å². The Morgan fingerprint density at radius 2 is 1.90 bits per heavy atom. The van der Waals surface area contributed by atoms with Gasteiger partial charge in [0.25, 0.3) is 0 Å². The lowest BCUT2D eigenvalue weighted by molar-refractivity contribution is -0.153. The number of aliphatic hydroxyl groups is 1. The van der Waals surface area contributed by atoms with Crippen LogP contribution in [0, 0.1) is 10.8 Å². The molecule has 0 aromatic rings. The molecule has 3 nitrogen and oxygen atoms in total. The van der Waals surface area contributed by atoms with E-state index in [9.17, 15) is 9.90 Å². The molecule has 21 heavy (non-hydrogen) atoms. The summed E-state index contributed by atoms with van der Waals surface area (Å²) in [5, 5.41) is 10.7. The highest BCUT2D eigenvalue weighted by molar-refractivity contribution is 5.75. The minimum atomic E-state index is -0.663. The van der Waals surface area contributed by atoms with Crippen LogP contribution >= 0.6 is 0 Å². The van der Waals surface area contributed by atoms with Crippen molar-refractivity contribution in [1.29, 1.82) is 0 Å². The average molecular weight is 296 g/mol. The Morgan fingerprint density at radius 3 is 2.43 bits per heavy atom. The minimum absolute atomic E-state index is 0.156. The predicted octanol–water partition coefficient (Wildman–Crippen LogP) is 4.24. The van der Waals surface area contributed by atoms with Gasteiger partial charge in [-0.05, 0) is 70.8 Å². The molecule has 1 atom stereocenters. The topological polar surface area (TPSA) is 46.5 Å². The normalized spacial score (nSPS) is 25.4. The predicted molar refractivity (Wildman–Crippen MR) is 86.0 cm³/mol. The standard InChI is InChI=1S/C18H32O3/c1-14-13-17(5,6)10-11-18(14,20)9-7-8-12-21-15(19)16(2,3)4/h13,20H,7-12H2,1-6H3. The molecule has 1 unspecified atom stereocenters. The smallest absolute Gasteiger partial charge is 0.311 e. The summed E-state index contributed by atoms with van der Waals surface area (Å²) in [6, 6.07) is 0. The van der Waals surface area contributed by atoms with Gasteiger partial charge < -0.3 is 9.84 Å². The average Bonchev–Trinajstić information content (AvgIpc) is 2.33. The van der Waals surface area contributed by atoms with Gasteiger partial charge in [0, 0.05) is 0 Å². The molecular weight excluding hydrogens is 264 g/mol. The van der Waals surface area contributed by atoms with Crippen LogP contribution in [0.1, 0.15) is 73.6 Å². The molecule has 0 aromatic heterocycles. The van der Waals surface area contributed by atoms with Crippen LogP contribution in [0.3, 0.4) is 0 Å². The van der Waals surface area contributed by atoms with Crippen LogP contribution in [-0.4, -0.2) is 23.3 Å². The van der Waals surface area contributed by atoms with Crippen LogP contribution in [0.5, 0.6) is 0 Å².